The average molecular weight is 456 g/mol. The second kappa shape index (κ2) is 7.37. The summed E-state index contributed by atoms with van der Waals surface area (Å²) < 4.78 is 1.79. The smallest absolute Gasteiger partial charge is 0.181 e. The Balaban J connectivity index is 1.44. The highest BCUT2D eigenvalue weighted by Crippen LogP contribution is 2.44. The normalized spacial score (nSPS) is 24.0. The van der Waals surface area contributed by atoms with Gasteiger partial charge in [-0.1, -0.05) is 36.9 Å². The van der Waals surface area contributed by atoms with Crippen molar-refractivity contribution in [2.24, 2.45) is 4.99 Å². The number of hydrogen-bond acceptors (Lipinski definition) is 6. The summed E-state index contributed by atoms with van der Waals surface area (Å²) in [6.45, 7) is 7.87. The second-order valence-corrected chi connectivity index (χ2v) is 10.4. The van der Waals surface area contributed by atoms with Gasteiger partial charge in [-0.25, -0.2) is 9.98 Å². The Kier molecular flexibility index (Phi) is 4.54. The molecule has 0 bridgehead atoms. The van der Waals surface area contributed by atoms with Gasteiger partial charge in [-0.15, -0.1) is 11.3 Å². The minimum Gasteiger partial charge on any atom is -0.390 e. The van der Waals surface area contributed by atoms with Crippen molar-refractivity contribution in [2.75, 3.05) is 5.32 Å². The molecule has 166 valence electrons. The van der Waals surface area contributed by atoms with Gasteiger partial charge >= 0.3 is 0 Å². The zero-order chi connectivity index (χ0) is 22.7. The lowest BCUT2D eigenvalue weighted by atomic mass is 9.69. The maximum Gasteiger partial charge on any atom is 0.181 e. The summed E-state index contributed by atoms with van der Waals surface area (Å²) in [5.74, 6) is 1.17. The van der Waals surface area contributed by atoms with Crippen LogP contribution in [-0.4, -0.2) is 31.0 Å². The molecule has 1 fully saturated rings. The van der Waals surface area contributed by atoms with E-state index in [1.54, 1.807) is 15.9 Å². The Labute approximate surface area is 196 Å². The summed E-state index contributed by atoms with van der Waals surface area (Å²) in [6, 6.07) is 14.7. The summed E-state index contributed by atoms with van der Waals surface area (Å²) in [6.07, 6.45) is 3.46. The molecule has 1 aromatic carbocycles. The third-order valence-corrected chi connectivity index (χ3v) is 7.51. The Morgan fingerprint density at radius 3 is 2.70 bits per heavy atom. The predicted molar refractivity (Wildman–Crippen MR) is 134 cm³/mol. The first-order valence-corrected chi connectivity index (χ1v) is 12.0. The lowest BCUT2D eigenvalue weighted by Crippen LogP contribution is -2.39. The van der Waals surface area contributed by atoms with Crippen molar-refractivity contribution in [3.05, 3.63) is 82.3 Å². The number of nitrogens with one attached hydrogen (secondary N) is 1. The number of fused-ring (bicyclic) bond motifs is 3. The van der Waals surface area contributed by atoms with Gasteiger partial charge in [-0.2, -0.15) is 9.61 Å². The summed E-state index contributed by atoms with van der Waals surface area (Å²) >= 11 is 1.71. The molecule has 0 radical (unpaired) electrons. The fourth-order valence-electron chi connectivity index (χ4n) is 4.80. The van der Waals surface area contributed by atoms with E-state index in [1.165, 1.54) is 10.4 Å². The Bertz CT molecular complexity index is 1390. The van der Waals surface area contributed by atoms with Gasteiger partial charge in [-0.3, -0.25) is 0 Å². The van der Waals surface area contributed by atoms with Crippen molar-refractivity contribution >= 4 is 39.8 Å². The van der Waals surface area contributed by atoms with Crippen LogP contribution >= 0.6 is 11.3 Å². The van der Waals surface area contributed by atoms with Gasteiger partial charge < -0.3 is 10.4 Å². The highest BCUT2D eigenvalue weighted by atomic mass is 32.1. The van der Waals surface area contributed by atoms with E-state index in [1.807, 2.05) is 26.1 Å². The molecule has 6 nitrogen and oxygen atoms in total. The summed E-state index contributed by atoms with van der Waals surface area (Å²) in [5, 5.41) is 20.5. The van der Waals surface area contributed by atoms with E-state index < -0.39 is 5.60 Å². The van der Waals surface area contributed by atoms with E-state index in [9.17, 15) is 5.11 Å². The van der Waals surface area contributed by atoms with E-state index in [4.69, 9.17) is 10.1 Å². The molecule has 7 heteroatoms. The van der Waals surface area contributed by atoms with Gasteiger partial charge in [0.1, 0.15) is 6.04 Å². The number of allylic oxidation sites excluding steroid dienone is 1. The number of aliphatic imine (C=N–C) groups is 1. The van der Waals surface area contributed by atoms with Gasteiger partial charge in [0, 0.05) is 10.9 Å². The first-order valence-electron chi connectivity index (χ1n) is 11.1. The first kappa shape index (κ1) is 20.3. The van der Waals surface area contributed by atoms with E-state index in [0.717, 1.165) is 52.5 Å². The molecule has 2 N–H and O–H groups in total. The molecule has 4 heterocycles. The third kappa shape index (κ3) is 3.48. The van der Waals surface area contributed by atoms with Gasteiger partial charge in [-0.05, 0) is 60.8 Å². The van der Waals surface area contributed by atoms with Gasteiger partial charge in [0.05, 0.1) is 28.9 Å². The average Bonchev–Trinajstić information content (AvgIpc) is 3.47. The number of aromatic nitrogens is 3. The Morgan fingerprint density at radius 2 is 2.03 bits per heavy atom. The van der Waals surface area contributed by atoms with Crippen LogP contribution in [0.1, 0.15) is 60.3 Å². The molecule has 1 unspecified atom stereocenters. The Morgan fingerprint density at radius 1 is 1.24 bits per heavy atom. The number of nitrogens with zero attached hydrogens (tertiary/aromatic N) is 4. The first-order chi connectivity index (χ1) is 15.9. The van der Waals surface area contributed by atoms with Crippen LogP contribution in [0.5, 0.6) is 0 Å². The van der Waals surface area contributed by atoms with Gasteiger partial charge in [0.25, 0.3) is 0 Å². The minimum absolute atomic E-state index is 0.0665. The summed E-state index contributed by atoms with van der Waals surface area (Å²) in [4.78, 5) is 10.9. The number of benzene rings is 1. The molecule has 1 aliphatic heterocycles. The van der Waals surface area contributed by atoms with Crippen LogP contribution < -0.4 is 5.32 Å². The zero-order valence-corrected chi connectivity index (χ0v) is 19.4. The number of thiophene rings is 1. The van der Waals surface area contributed by atoms with Crippen LogP contribution in [0.4, 0.5) is 11.5 Å². The van der Waals surface area contributed by atoms with E-state index >= 15 is 0 Å². The third-order valence-electron chi connectivity index (χ3n) is 6.57. The van der Waals surface area contributed by atoms with Crippen molar-refractivity contribution in [1.29, 1.82) is 0 Å². The molecule has 0 saturated heterocycles. The molecule has 33 heavy (non-hydrogen) atoms. The standard InChI is InChI=1S/C26H25N5OS/c1-15(2)19-11-22-27-14-20-25(31(22)30-19)29-23(24(28-20)21-5-4-10-33-21)17-8-6-16(7-9-17)18-12-26(3,32)13-18/h4-11,14,18,24,28,32H,1,12-13H2,2-3H3. The van der Waals surface area contributed by atoms with Crippen molar-refractivity contribution in [1.82, 2.24) is 14.6 Å². The van der Waals surface area contributed by atoms with E-state index in [0.29, 0.717) is 5.92 Å². The van der Waals surface area contributed by atoms with Crippen molar-refractivity contribution < 1.29 is 5.11 Å². The van der Waals surface area contributed by atoms with Crippen molar-refractivity contribution in [2.45, 2.75) is 44.2 Å². The minimum atomic E-state index is -0.527. The SMILES string of the molecule is C=C(C)c1cc2ncc3c(n2n1)N=C(c1ccc(C2CC(C)(O)C2)cc1)C(c1cccs1)N3. The number of rotatable bonds is 4. The van der Waals surface area contributed by atoms with Crippen molar-refractivity contribution in [3.8, 4) is 0 Å². The number of hydrogen-bond donors (Lipinski definition) is 2. The zero-order valence-electron chi connectivity index (χ0n) is 18.6. The predicted octanol–water partition coefficient (Wildman–Crippen LogP) is 5.74. The van der Waals surface area contributed by atoms with Crippen LogP contribution in [0, 0.1) is 0 Å². The maximum atomic E-state index is 10.1. The van der Waals surface area contributed by atoms with Crippen LogP contribution in [0.15, 0.2) is 65.6 Å². The van der Waals surface area contributed by atoms with E-state index in [2.05, 4.69) is 58.7 Å². The molecule has 1 atom stereocenters. The second-order valence-electron chi connectivity index (χ2n) is 9.39. The maximum absolute atomic E-state index is 10.1. The number of anilines is 1. The van der Waals surface area contributed by atoms with Gasteiger partial charge in [0.15, 0.2) is 11.5 Å². The van der Waals surface area contributed by atoms with Crippen LogP contribution in [-0.2, 0) is 0 Å². The highest BCUT2D eigenvalue weighted by molar-refractivity contribution is 7.10. The molecule has 6 rings (SSSR count). The lowest BCUT2D eigenvalue weighted by Gasteiger charge is -2.41. The molecule has 2 aliphatic rings. The molecule has 0 spiro atoms. The fourth-order valence-corrected chi connectivity index (χ4v) is 5.58. The largest absolute Gasteiger partial charge is 0.390 e. The molecule has 1 aliphatic carbocycles. The monoisotopic (exact) mass is 455 g/mol. The Hall–Kier alpha value is -3.29. The van der Waals surface area contributed by atoms with Crippen LogP contribution in [0.25, 0.3) is 11.2 Å². The van der Waals surface area contributed by atoms with E-state index in [-0.39, 0.29) is 6.04 Å². The molecule has 1 saturated carbocycles. The molecular formula is C26H25N5OS. The van der Waals surface area contributed by atoms with Crippen LogP contribution in [0.2, 0.25) is 0 Å². The molecule has 3 aromatic heterocycles. The molecular weight excluding hydrogens is 430 g/mol. The fraction of sp³-hybridized carbons (Fsp3) is 0.269. The quantitative estimate of drug-likeness (QED) is 0.411. The van der Waals surface area contributed by atoms with Crippen LogP contribution in [0.3, 0.4) is 0 Å². The molecule has 0 amide bonds. The summed E-state index contributed by atoms with van der Waals surface area (Å²) in [5.41, 5.74) is 6.08. The topological polar surface area (TPSA) is 74.8 Å². The van der Waals surface area contributed by atoms with Crippen molar-refractivity contribution in [3.63, 3.8) is 0 Å². The lowest BCUT2D eigenvalue weighted by molar-refractivity contribution is -0.0313. The summed E-state index contributed by atoms with van der Waals surface area (Å²) in [7, 11) is 0. The van der Waals surface area contributed by atoms with Gasteiger partial charge in [0.2, 0.25) is 0 Å². The number of aliphatic hydroxyl groups is 1. The highest BCUT2D eigenvalue weighted by Gasteiger charge is 2.39. The molecule has 4 aromatic rings.